The van der Waals surface area contributed by atoms with Gasteiger partial charge in [0.2, 0.25) is 0 Å². The molecule has 0 N–H and O–H groups in total. The van der Waals surface area contributed by atoms with Crippen LogP contribution in [0.5, 0.6) is 11.5 Å². The van der Waals surface area contributed by atoms with E-state index < -0.39 is 5.97 Å². The number of rotatable bonds is 6. The standard InChI is InChI=1S/C22H17ClO4/c1-15-13-19(11-12-20(15)23)26-14-21(24)27-18-9-7-17(8-10-18)22(25)16-5-3-2-4-6-16/h2-13H,14H2,1H3. The predicted molar refractivity (Wildman–Crippen MR) is 104 cm³/mol. The maximum atomic E-state index is 12.4. The molecule has 0 fully saturated rings. The molecule has 0 saturated carbocycles. The van der Waals surface area contributed by atoms with E-state index in [1.165, 1.54) is 0 Å². The molecule has 0 aliphatic heterocycles. The van der Waals surface area contributed by atoms with Gasteiger partial charge in [-0.25, -0.2) is 4.79 Å². The van der Waals surface area contributed by atoms with Gasteiger partial charge in [0, 0.05) is 16.1 Å². The number of carbonyl (C=O) groups excluding carboxylic acids is 2. The zero-order chi connectivity index (χ0) is 19.2. The van der Waals surface area contributed by atoms with Crippen molar-refractivity contribution < 1.29 is 19.1 Å². The van der Waals surface area contributed by atoms with E-state index in [4.69, 9.17) is 21.1 Å². The van der Waals surface area contributed by atoms with Crippen LogP contribution in [0.15, 0.2) is 72.8 Å². The van der Waals surface area contributed by atoms with Crippen molar-refractivity contribution in [1.82, 2.24) is 0 Å². The van der Waals surface area contributed by atoms with Gasteiger partial charge in [-0.1, -0.05) is 41.9 Å². The smallest absolute Gasteiger partial charge is 0.349 e. The van der Waals surface area contributed by atoms with Crippen molar-refractivity contribution in [3.05, 3.63) is 94.5 Å². The molecule has 0 bridgehead atoms. The van der Waals surface area contributed by atoms with E-state index in [1.807, 2.05) is 25.1 Å². The summed E-state index contributed by atoms with van der Waals surface area (Å²) in [7, 11) is 0. The Morgan fingerprint density at radius 2 is 1.48 bits per heavy atom. The summed E-state index contributed by atoms with van der Waals surface area (Å²) in [5, 5.41) is 0.634. The van der Waals surface area contributed by atoms with Crippen LogP contribution in [0.1, 0.15) is 21.5 Å². The third-order valence-corrected chi connectivity index (χ3v) is 4.29. The summed E-state index contributed by atoms with van der Waals surface area (Å²) >= 11 is 5.95. The third kappa shape index (κ3) is 4.96. The minimum atomic E-state index is -0.537. The molecule has 3 rings (SSSR count). The molecule has 0 radical (unpaired) electrons. The molecule has 3 aromatic carbocycles. The first-order valence-electron chi connectivity index (χ1n) is 8.32. The largest absolute Gasteiger partial charge is 0.482 e. The van der Waals surface area contributed by atoms with Crippen LogP contribution in [0.2, 0.25) is 5.02 Å². The van der Waals surface area contributed by atoms with Gasteiger partial charge in [-0.15, -0.1) is 0 Å². The normalized spacial score (nSPS) is 10.3. The second kappa shape index (κ2) is 8.52. The molecule has 0 amide bonds. The minimum absolute atomic E-state index is 0.0880. The number of hydrogen-bond donors (Lipinski definition) is 0. The molecular weight excluding hydrogens is 364 g/mol. The molecule has 0 aromatic heterocycles. The zero-order valence-corrected chi connectivity index (χ0v) is 15.4. The van der Waals surface area contributed by atoms with Crippen molar-refractivity contribution in [3.8, 4) is 11.5 Å². The van der Waals surface area contributed by atoms with Crippen LogP contribution in [0.4, 0.5) is 0 Å². The highest BCUT2D eigenvalue weighted by Crippen LogP contribution is 2.21. The second-order valence-corrected chi connectivity index (χ2v) is 6.30. The first-order valence-corrected chi connectivity index (χ1v) is 8.70. The Hall–Kier alpha value is -3.11. The molecule has 136 valence electrons. The highest BCUT2D eigenvalue weighted by Gasteiger charge is 2.10. The summed E-state index contributed by atoms with van der Waals surface area (Å²) < 4.78 is 10.6. The number of benzene rings is 3. The van der Waals surface area contributed by atoms with Crippen LogP contribution in [0.25, 0.3) is 0 Å². The summed E-state index contributed by atoms with van der Waals surface area (Å²) in [5.74, 6) is 0.262. The van der Waals surface area contributed by atoms with Gasteiger partial charge in [0.15, 0.2) is 12.4 Å². The molecular formula is C22H17ClO4. The topological polar surface area (TPSA) is 52.6 Å². The molecule has 0 heterocycles. The van der Waals surface area contributed by atoms with Gasteiger partial charge in [-0.2, -0.15) is 0 Å². The van der Waals surface area contributed by atoms with Crippen molar-refractivity contribution in [2.24, 2.45) is 0 Å². The van der Waals surface area contributed by atoms with Gasteiger partial charge in [0.1, 0.15) is 11.5 Å². The number of carbonyl (C=O) groups is 2. The number of ether oxygens (including phenoxy) is 2. The molecule has 4 nitrogen and oxygen atoms in total. The summed E-state index contributed by atoms with van der Waals surface area (Å²) in [6, 6.07) is 20.6. The Bertz CT molecular complexity index is 950. The predicted octanol–water partition coefficient (Wildman–Crippen LogP) is 4.86. The number of hydrogen-bond acceptors (Lipinski definition) is 4. The number of halogens is 1. The number of ketones is 1. The Morgan fingerprint density at radius 3 is 2.15 bits per heavy atom. The molecule has 0 unspecified atom stereocenters. The lowest BCUT2D eigenvalue weighted by molar-refractivity contribution is -0.136. The van der Waals surface area contributed by atoms with Crippen LogP contribution < -0.4 is 9.47 Å². The summed E-state index contributed by atoms with van der Waals surface area (Å²) in [5.41, 5.74) is 1.99. The van der Waals surface area contributed by atoms with E-state index in [-0.39, 0.29) is 12.4 Å². The van der Waals surface area contributed by atoms with Crippen molar-refractivity contribution in [2.45, 2.75) is 6.92 Å². The maximum absolute atomic E-state index is 12.4. The Morgan fingerprint density at radius 1 is 0.852 bits per heavy atom. The summed E-state index contributed by atoms with van der Waals surface area (Å²) in [6.07, 6.45) is 0. The number of aryl methyl sites for hydroxylation is 1. The lowest BCUT2D eigenvalue weighted by Crippen LogP contribution is -2.17. The van der Waals surface area contributed by atoms with Gasteiger partial charge in [0.05, 0.1) is 0 Å². The molecule has 0 atom stereocenters. The second-order valence-electron chi connectivity index (χ2n) is 5.89. The van der Waals surface area contributed by atoms with Crippen molar-refractivity contribution in [2.75, 3.05) is 6.61 Å². The van der Waals surface area contributed by atoms with Crippen LogP contribution in [0.3, 0.4) is 0 Å². The lowest BCUT2D eigenvalue weighted by atomic mass is 10.0. The van der Waals surface area contributed by atoms with Crippen LogP contribution >= 0.6 is 11.6 Å². The first-order chi connectivity index (χ1) is 13.0. The summed E-state index contributed by atoms with van der Waals surface area (Å²) in [6.45, 7) is 1.62. The molecule has 5 heteroatoms. The highest BCUT2D eigenvalue weighted by molar-refractivity contribution is 6.31. The van der Waals surface area contributed by atoms with Crippen molar-refractivity contribution in [3.63, 3.8) is 0 Å². The van der Waals surface area contributed by atoms with E-state index in [9.17, 15) is 9.59 Å². The lowest BCUT2D eigenvalue weighted by Gasteiger charge is -2.08. The van der Waals surface area contributed by atoms with Crippen LogP contribution in [-0.2, 0) is 4.79 Å². The first kappa shape index (κ1) is 18.7. The van der Waals surface area contributed by atoms with E-state index in [0.29, 0.717) is 27.6 Å². The van der Waals surface area contributed by atoms with Crippen molar-refractivity contribution >= 4 is 23.4 Å². The monoisotopic (exact) mass is 380 g/mol. The van der Waals surface area contributed by atoms with Crippen LogP contribution in [0, 0.1) is 6.92 Å². The van der Waals surface area contributed by atoms with E-state index in [0.717, 1.165) is 5.56 Å². The molecule has 0 aliphatic carbocycles. The summed E-state index contributed by atoms with van der Waals surface area (Å²) in [4.78, 5) is 24.3. The van der Waals surface area contributed by atoms with Gasteiger partial charge in [0.25, 0.3) is 0 Å². The fourth-order valence-electron chi connectivity index (χ4n) is 2.44. The zero-order valence-electron chi connectivity index (χ0n) is 14.6. The van der Waals surface area contributed by atoms with Gasteiger partial charge >= 0.3 is 5.97 Å². The SMILES string of the molecule is Cc1cc(OCC(=O)Oc2ccc(C(=O)c3ccccc3)cc2)ccc1Cl. The molecule has 27 heavy (non-hydrogen) atoms. The van der Waals surface area contributed by atoms with Crippen molar-refractivity contribution in [1.29, 1.82) is 0 Å². The van der Waals surface area contributed by atoms with Gasteiger partial charge in [-0.05, 0) is 55.0 Å². The minimum Gasteiger partial charge on any atom is -0.482 e. The molecule has 0 spiro atoms. The Labute approximate surface area is 162 Å². The molecule has 0 aliphatic rings. The average molecular weight is 381 g/mol. The Balaban J connectivity index is 1.57. The molecule has 0 saturated heterocycles. The fraction of sp³-hybridized carbons (Fsp3) is 0.0909. The van der Waals surface area contributed by atoms with Gasteiger partial charge < -0.3 is 9.47 Å². The van der Waals surface area contributed by atoms with Crippen LogP contribution in [-0.4, -0.2) is 18.4 Å². The Kier molecular flexibility index (Phi) is 5.89. The van der Waals surface area contributed by atoms with Gasteiger partial charge in [-0.3, -0.25) is 4.79 Å². The molecule has 3 aromatic rings. The van der Waals surface area contributed by atoms with E-state index in [1.54, 1.807) is 54.6 Å². The quantitative estimate of drug-likeness (QED) is 0.348. The van der Waals surface area contributed by atoms with E-state index >= 15 is 0 Å². The fourth-order valence-corrected chi connectivity index (χ4v) is 2.56. The van der Waals surface area contributed by atoms with E-state index in [2.05, 4.69) is 0 Å². The third-order valence-electron chi connectivity index (χ3n) is 3.87. The average Bonchev–Trinajstić information content (AvgIpc) is 2.69. The number of esters is 1. The maximum Gasteiger partial charge on any atom is 0.349 e. The highest BCUT2D eigenvalue weighted by atomic mass is 35.5.